The van der Waals surface area contributed by atoms with Crippen LogP contribution >= 0.6 is 0 Å². The Kier molecular flexibility index (Phi) is 7.50. The van der Waals surface area contributed by atoms with Crippen LogP contribution in [-0.4, -0.2) is 10.9 Å². The maximum atomic E-state index is 3.51. The Balaban J connectivity index is 1.42. The van der Waals surface area contributed by atoms with Crippen LogP contribution in [0.1, 0.15) is 16.7 Å². The fourth-order valence-electron chi connectivity index (χ4n) is 4.18. The summed E-state index contributed by atoms with van der Waals surface area (Å²) in [5, 5.41) is 0. The Morgan fingerprint density at radius 2 is 1.00 bits per heavy atom. The minimum Gasteiger partial charge on any atom is -0.363 e. The normalized spacial score (nSPS) is 11.2. The molecule has 5 aromatic rings. The molecule has 0 saturated carbocycles. The highest BCUT2D eigenvalue weighted by Gasteiger charge is 2.12. The average Bonchev–Trinajstić information content (AvgIpc) is 2.95. The molecule has 0 unspecified atom stereocenters. The first-order chi connectivity index (χ1) is 17.8. The molecule has 36 heavy (non-hydrogen) atoms. The van der Waals surface area contributed by atoms with E-state index in [1.807, 2.05) is 24.3 Å². The van der Waals surface area contributed by atoms with Crippen molar-refractivity contribution in [1.82, 2.24) is 0 Å². The standard InChI is InChI=1S/C33H30N3/c1-5-13-28(14-6-1)25-35(26-29-15-7-2-8-16-29)32-23-21-30(22-24-32)27-36(33-19-11-4-12-20-33)34-31-17-9-3-10-18-31/h1-24,27,34H,25-26H2/q+1. The quantitative estimate of drug-likeness (QED) is 0.136. The number of para-hydroxylation sites is 2. The van der Waals surface area contributed by atoms with Gasteiger partial charge < -0.3 is 4.90 Å². The van der Waals surface area contributed by atoms with Crippen molar-refractivity contribution in [1.29, 1.82) is 0 Å². The predicted octanol–water partition coefficient (Wildman–Crippen LogP) is 7.68. The molecule has 0 atom stereocenters. The van der Waals surface area contributed by atoms with E-state index in [0.717, 1.165) is 30.0 Å². The van der Waals surface area contributed by atoms with E-state index in [4.69, 9.17) is 0 Å². The highest BCUT2D eigenvalue weighted by Crippen LogP contribution is 2.21. The van der Waals surface area contributed by atoms with Gasteiger partial charge in [0.05, 0.1) is 5.69 Å². The van der Waals surface area contributed by atoms with Gasteiger partial charge in [0.25, 0.3) is 0 Å². The van der Waals surface area contributed by atoms with E-state index in [1.165, 1.54) is 16.8 Å². The van der Waals surface area contributed by atoms with Crippen LogP contribution in [0.3, 0.4) is 0 Å². The number of nitrogens with zero attached hydrogens (tertiary/aromatic N) is 2. The number of anilines is 2. The van der Waals surface area contributed by atoms with Gasteiger partial charge in [0.15, 0.2) is 0 Å². The van der Waals surface area contributed by atoms with Crippen LogP contribution in [0.15, 0.2) is 146 Å². The molecule has 0 fully saturated rings. The maximum absolute atomic E-state index is 3.51. The number of benzene rings is 5. The van der Waals surface area contributed by atoms with Crippen molar-refractivity contribution in [2.45, 2.75) is 13.1 Å². The van der Waals surface area contributed by atoms with Crippen LogP contribution < -0.4 is 10.3 Å². The van der Waals surface area contributed by atoms with E-state index in [-0.39, 0.29) is 0 Å². The second-order valence-electron chi connectivity index (χ2n) is 8.73. The largest absolute Gasteiger partial charge is 0.363 e. The molecule has 3 nitrogen and oxygen atoms in total. The van der Waals surface area contributed by atoms with Gasteiger partial charge in [0.2, 0.25) is 11.9 Å². The monoisotopic (exact) mass is 468 g/mol. The molecular formula is C33H30N3+. The summed E-state index contributed by atoms with van der Waals surface area (Å²) >= 11 is 0. The van der Waals surface area contributed by atoms with Crippen LogP contribution in [-0.2, 0) is 13.1 Å². The Bertz CT molecular complexity index is 1320. The third kappa shape index (κ3) is 6.28. The molecular weight excluding hydrogens is 438 g/mol. The Hall–Kier alpha value is -4.63. The van der Waals surface area contributed by atoms with Crippen molar-refractivity contribution < 1.29 is 4.68 Å². The topological polar surface area (TPSA) is 18.3 Å². The highest BCUT2D eigenvalue weighted by atomic mass is 15.4. The first-order valence-electron chi connectivity index (χ1n) is 12.3. The fraction of sp³-hybridized carbons (Fsp3) is 0.0606. The molecule has 0 aliphatic rings. The number of rotatable bonds is 9. The summed E-state index contributed by atoms with van der Waals surface area (Å²) in [5.74, 6) is 0. The molecule has 0 spiro atoms. The van der Waals surface area contributed by atoms with E-state index >= 15 is 0 Å². The zero-order chi connectivity index (χ0) is 24.4. The lowest BCUT2D eigenvalue weighted by molar-refractivity contribution is -0.398. The summed E-state index contributed by atoms with van der Waals surface area (Å²) in [5.41, 5.74) is 10.5. The van der Waals surface area contributed by atoms with Crippen LogP contribution in [0.25, 0.3) is 0 Å². The molecule has 3 heteroatoms. The molecule has 0 aliphatic heterocycles. The minimum atomic E-state index is 0.852. The van der Waals surface area contributed by atoms with Crippen molar-refractivity contribution in [3.05, 3.63) is 162 Å². The molecule has 1 N–H and O–H groups in total. The van der Waals surface area contributed by atoms with Crippen LogP contribution in [0, 0.1) is 0 Å². The summed E-state index contributed by atoms with van der Waals surface area (Å²) in [6.07, 6.45) is 2.13. The highest BCUT2D eigenvalue weighted by molar-refractivity contribution is 5.78. The van der Waals surface area contributed by atoms with Crippen LogP contribution in [0.4, 0.5) is 17.1 Å². The van der Waals surface area contributed by atoms with Crippen molar-refractivity contribution in [3.63, 3.8) is 0 Å². The summed E-state index contributed by atoms with van der Waals surface area (Å²) < 4.78 is 2.07. The number of hydrogen-bond acceptors (Lipinski definition) is 2. The number of hydrazine groups is 1. The molecule has 0 amide bonds. The van der Waals surface area contributed by atoms with Gasteiger partial charge >= 0.3 is 0 Å². The molecule has 0 saturated heterocycles. The lowest BCUT2D eigenvalue weighted by atomic mass is 10.1. The Morgan fingerprint density at radius 1 is 0.528 bits per heavy atom. The van der Waals surface area contributed by atoms with E-state index in [0.29, 0.717) is 0 Å². The summed E-state index contributed by atoms with van der Waals surface area (Å²) in [7, 11) is 0. The second kappa shape index (κ2) is 11.7. The van der Waals surface area contributed by atoms with Crippen molar-refractivity contribution >= 4 is 23.3 Å². The van der Waals surface area contributed by atoms with Gasteiger partial charge in [0.1, 0.15) is 0 Å². The molecule has 5 rings (SSSR count). The molecule has 0 aromatic heterocycles. The van der Waals surface area contributed by atoms with E-state index in [9.17, 15) is 0 Å². The van der Waals surface area contributed by atoms with Gasteiger partial charge in [0, 0.05) is 36.5 Å². The second-order valence-corrected chi connectivity index (χ2v) is 8.73. The van der Waals surface area contributed by atoms with Gasteiger partial charge in [-0.2, -0.15) is 5.43 Å². The van der Waals surface area contributed by atoms with E-state index < -0.39 is 0 Å². The van der Waals surface area contributed by atoms with E-state index in [1.54, 1.807) is 0 Å². The van der Waals surface area contributed by atoms with E-state index in [2.05, 4.69) is 143 Å². The van der Waals surface area contributed by atoms with Crippen molar-refractivity contribution in [2.75, 3.05) is 10.3 Å². The fourth-order valence-corrected chi connectivity index (χ4v) is 4.18. The number of hydrazone groups is 1. The number of hydrogen-bond donors (Lipinski definition) is 1. The Morgan fingerprint density at radius 3 is 1.53 bits per heavy atom. The molecule has 0 heterocycles. The maximum Gasteiger partial charge on any atom is 0.235 e. The summed E-state index contributed by atoms with van der Waals surface area (Å²) in [4.78, 5) is 2.42. The lowest BCUT2D eigenvalue weighted by Gasteiger charge is -2.25. The third-order valence-electron chi connectivity index (χ3n) is 6.03. The van der Waals surface area contributed by atoms with Crippen molar-refractivity contribution in [2.24, 2.45) is 0 Å². The van der Waals surface area contributed by atoms with Gasteiger partial charge in [-0.3, -0.25) is 0 Å². The Labute approximate surface area is 213 Å². The molecule has 5 aromatic carbocycles. The number of nitrogens with one attached hydrogen (secondary N) is 1. The smallest absolute Gasteiger partial charge is 0.235 e. The third-order valence-corrected chi connectivity index (χ3v) is 6.03. The SMILES string of the molecule is C(c1ccc(N(Cc2ccccc2)Cc2ccccc2)cc1)=[N+](Nc1ccccc1)c1ccccc1. The molecule has 0 radical (unpaired) electrons. The first-order valence-corrected chi connectivity index (χ1v) is 12.3. The summed E-state index contributed by atoms with van der Waals surface area (Å²) in [6, 6.07) is 50.7. The van der Waals surface area contributed by atoms with Gasteiger partial charge in [-0.15, -0.1) is 0 Å². The zero-order valence-electron chi connectivity index (χ0n) is 20.2. The lowest BCUT2D eigenvalue weighted by Crippen LogP contribution is -2.22. The van der Waals surface area contributed by atoms with Crippen LogP contribution in [0.2, 0.25) is 0 Å². The minimum absolute atomic E-state index is 0.852. The van der Waals surface area contributed by atoms with Crippen molar-refractivity contribution in [3.8, 4) is 0 Å². The van der Waals surface area contributed by atoms with Gasteiger partial charge in [-0.05, 0) is 47.5 Å². The molecule has 176 valence electrons. The predicted molar refractivity (Wildman–Crippen MR) is 151 cm³/mol. The van der Waals surface area contributed by atoms with Gasteiger partial charge in [-0.25, -0.2) is 0 Å². The molecule has 0 aliphatic carbocycles. The molecule has 0 bridgehead atoms. The van der Waals surface area contributed by atoms with Crippen LogP contribution in [0.5, 0.6) is 0 Å². The van der Waals surface area contributed by atoms with Gasteiger partial charge in [-0.1, -0.05) is 102 Å². The zero-order valence-corrected chi connectivity index (χ0v) is 20.2. The first kappa shape index (κ1) is 23.1. The average molecular weight is 469 g/mol. The summed E-state index contributed by atoms with van der Waals surface area (Å²) in [6.45, 7) is 1.70.